The van der Waals surface area contributed by atoms with Crippen molar-refractivity contribution in [2.24, 2.45) is 0 Å². The molecule has 0 unspecified atom stereocenters. The van der Waals surface area contributed by atoms with Crippen LogP contribution >= 0.6 is 11.6 Å². The quantitative estimate of drug-likeness (QED) is 0.936. The lowest BCUT2D eigenvalue weighted by atomic mass is 9.95. The molecule has 0 radical (unpaired) electrons. The zero-order chi connectivity index (χ0) is 13.3. The molecule has 1 heterocycles. The van der Waals surface area contributed by atoms with Gasteiger partial charge < -0.3 is 5.32 Å². The largest absolute Gasteiger partial charge is 0.308 e. The second kappa shape index (κ2) is 4.63. The highest BCUT2D eigenvalue weighted by Gasteiger charge is 2.51. The maximum absolute atomic E-state index is 12.4. The van der Waals surface area contributed by atoms with Gasteiger partial charge in [0, 0.05) is 0 Å². The Morgan fingerprint density at radius 2 is 1.84 bits per heavy atom. The molecule has 0 saturated heterocycles. The van der Waals surface area contributed by atoms with E-state index in [1.54, 1.807) is 12.1 Å². The fraction of sp³-hybridized carbons (Fsp3) is 0.214. The van der Waals surface area contributed by atoms with Crippen LogP contribution in [0.1, 0.15) is 18.4 Å². The van der Waals surface area contributed by atoms with Crippen LogP contribution in [0.3, 0.4) is 0 Å². The molecule has 1 aromatic carbocycles. The summed E-state index contributed by atoms with van der Waals surface area (Å²) in [5, 5.41) is 10.7. The zero-order valence-corrected chi connectivity index (χ0v) is 10.9. The fourth-order valence-electron chi connectivity index (χ4n) is 2.15. The first-order valence-corrected chi connectivity index (χ1v) is 6.45. The molecule has 1 aliphatic rings. The topological polar surface area (TPSA) is 54.9 Å². The highest BCUT2D eigenvalue weighted by atomic mass is 35.5. The molecule has 1 fully saturated rings. The van der Waals surface area contributed by atoms with Gasteiger partial charge in [0.15, 0.2) is 11.0 Å². The Morgan fingerprint density at radius 1 is 1.11 bits per heavy atom. The summed E-state index contributed by atoms with van der Waals surface area (Å²) in [4.78, 5) is 12.4. The number of amides is 1. The number of nitrogens with zero attached hydrogens (tertiary/aromatic N) is 2. The maximum Gasteiger partial charge on any atom is 0.236 e. The number of nitrogens with one attached hydrogen (secondary N) is 1. The first-order chi connectivity index (χ1) is 9.21. The Morgan fingerprint density at radius 3 is 2.42 bits per heavy atom. The number of anilines is 1. The lowest BCUT2D eigenvalue weighted by Gasteiger charge is -2.14. The summed E-state index contributed by atoms with van der Waals surface area (Å²) < 4.78 is 0. The number of hydrogen-bond acceptors (Lipinski definition) is 3. The van der Waals surface area contributed by atoms with Crippen LogP contribution in [0.4, 0.5) is 5.82 Å². The van der Waals surface area contributed by atoms with Crippen LogP contribution in [0.25, 0.3) is 0 Å². The Labute approximate surface area is 115 Å². The van der Waals surface area contributed by atoms with Gasteiger partial charge in [-0.2, -0.15) is 0 Å². The van der Waals surface area contributed by atoms with Crippen molar-refractivity contribution in [3.63, 3.8) is 0 Å². The van der Waals surface area contributed by atoms with Crippen LogP contribution in [-0.4, -0.2) is 16.1 Å². The van der Waals surface area contributed by atoms with Gasteiger partial charge in [0.05, 0.1) is 5.41 Å². The van der Waals surface area contributed by atoms with Crippen molar-refractivity contribution in [3.8, 4) is 0 Å². The minimum absolute atomic E-state index is 0.0321. The number of hydrogen-bond donors (Lipinski definition) is 1. The summed E-state index contributed by atoms with van der Waals surface area (Å²) in [6.45, 7) is 0. The number of carbonyl (C=O) groups excluding carboxylic acids is 1. The van der Waals surface area contributed by atoms with E-state index in [1.165, 1.54) is 0 Å². The third-order valence-corrected chi connectivity index (χ3v) is 3.59. The van der Waals surface area contributed by atoms with Gasteiger partial charge in [-0.15, -0.1) is 10.2 Å². The van der Waals surface area contributed by atoms with Crippen molar-refractivity contribution in [3.05, 3.63) is 53.2 Å². The van der Waals surface area contributed by atoms with Crippen LogP contribution in [-0.2, 0) is 10.2 Å². The van der Waals surface area contributed by atoms with E-state index in [9.17, 15) is 4.79 Å². The molecule has 0 aliphatic heterocycles. The van der Waals surface area contributed by atoms with E-state index in [0.29, 0.717) is 11.0 Å². The fourth-order valence-corrected chi connectivity index (χ4v) is 2.25. The van der Waals surface area contributed by atoms with E-state index in [0.717, 1.165) is 18.4 Å². The van der Waals surface area contributed by atoms with Crippen molar-refractivity contribution in [1.29, 1.82) is 0 Å². The van der Waals surface area contributed by atoms with Crippen LogP contribution in [0.2, 0.25) is 5.15 Å². The van der Waals surface area contributed by atoms with Crippen LogP contribution < -0.4 is 5.32 Å². The molecule has 1 aromatic heterocycles. The monoisotopic (exact) mass is 273 g/mol. The highest BCUT2D eigenvalue weighted by molar-refractivity contribution is 6.29. The second-order valence-electron chi connectivity index (χ2n) is 4.64. The molecule has 1 aliphatic carbocycles. The van der Waals surface area contributed by atoms with Crippen LogP contribution in [0.5, 0.6) is 0 Å². The van der Waals surface area contributed by atoms with Gasteiger partial charge in [-0.05, 0) is 30.5 Å². The summed E-state index contributed by atoms with van der Waals surface area (Å²) >= 11 is 5.66. The molecule has 96 valence electrons. The second-order valence-corrected chi connectivity index (χ2v) is 5.03. The van der Waals surface area contributed by atoms with Gasteiger partial charge in [-0.3, -0.25) is 4.79 Å². The maximum atomic E-state index is 12.4. The normalized spacial score (nSPS) is 15.8. The summed E-state index contributed by atoms with van der Waals surface area (Å²) in [7, 11) is 0. The van der Waals surface area contributed by atoms with Gasteiger partial charge in [-0.1, -0.05) is 41.9 Å². The summed E-state index contributed by atoms with van der Waals surface area (Å²) in [6, 6.07) is 13.1. The molecule has 3 rings (SSSR count). The Bertz CT molecular complexity index is 594. The number of benzene rings is 1. The molecule has 1 amide bonds. The Hall–Kier alpha value is -1.94. The number of rotatable bonds is 3. The van der Waals surface area contributed by atoms with E-state index in [2.05, 4.69) is 15.5 Å². The third-order valence-electron chi connectivity index (χ3n) is 3.38. The predicted octanol–water partition coefficient (Wildman–Crippen LogP) is 2.80. The summed E-state index contributed by atoms with van der Waals surface area (Å²) in [5.41, 5.74) is 0.650. The van der Waals surface area contributed by atoms with Crippen molar-refractivity contribution < 1.29 is 4.79 Å². The zero-order valence-electron chi connectivity index (χ0n) is 10.1. The van der Waals surface area contributed by atoms with Crippen molar-refractivity contribution in [1.82, 2.24) is 10.2 Å². The minimum atomic E-state index is -0.400. The minimum Gasteiger partial charge on any atom is -0.308 e. The standard InChI is InChI=1S/C14H12ClN3O/c15-11-6-7-12(18-17-11)16-13(19)14(8-9-14)10-4-2-1-3-5-10/h1-7H,8-9H2,(H,16,18,19). The average Bonchev–Trinajstić information content (AvgIpc) is 3.24. The highest BCUT2D eigenvalue weighted by Crippen LogP contribution is 2.48. The van der Waals surface area contributed by atoms with Crippen molar-refractivity contribution in [2.45, 2.75) is 18.3 Å². The molecule has 1 saturated carbocycles. The molecule has 0 bridgehead atoms. The number of carbonyl (C=O) groups is 1. The summed E-state index contributed by atoms with van der Waals surface area (Å²) in [5.74, 6) is 0.395. The summed E-state index contributed by atoms with van der Waals surface area (Å²) in [6.07, 6.45) is 1.73. The van der Waals surface area contributed by atoms with Gasteiger partial charge in [-0.25, -0.2) is 0 Å². The molecule has 0 atom stereocenters. The lowest BCUT2D eigenvalue weighted by Crippen LogP contribution is -2.28. The molecular weight excluding hydrogens is 262 g/mol. The van der Waals surface area contributed by atoms with Crippen LogP contribution in [0.15, 0.2) is 42.5 Å². The average molecular weight is 274 g/mol. The lowest BCUT2D eigenvalue weighted by molar-refractivity contribution is -0.118. The van der Waals surface area contributed by atoms with E-state index in [4.69, 9.17) is 11.6 Å². The first kappa shape index (κ1) is 12.1. The molecule has 5 heteroatoms. The van der Waals surface area contributed by atoms with Gasteiger partial charge in [0.1, 0.15) is 0 Å². The van der Waals surface area contributed by atoms with E-state index in [1.807, 2.05) is 30.3 Å². The van der Waals surface area contributed by atoms with Gasteiger partial charge >= 0.3 is 0 Å². The molecule has 19 heavy (non-hydrogen) atoms. The van der Waals surface area contributed by atoms with Crippen molar-refractivity contribution in [2.75, 3.05) is 5.32 Å². The molecule has 4 nitrogen and oxygen atoms in total. The van der Waals surface area contributed by atoms with Crippen LogP contribution in [0, 0.1) is 0 Å². The predicted molar refractivity (Wildman–Crippen MR) is 73.0 cm³/mol. The molecular formula is C14H12ClN3O. The van der Waals surface area contributed by atoms with E-state index in [-0.39, 0.29) is 5.91 Å². The molecule has 0 spiro atoms. The SMILES string of the molecule is O=C(Nc1ccc(Cl)nn1)C1(c2ccccc2)CC1. The smallest absolute Gasteiger partial charge is 0.236 e. The number of halogens is 1. The third kappa shape index (κ3) is 2.31. The Balaban J connectivity index is 1.79. The van der Waals surface area contributed by atoms with Gasteiger partial charge in [0.25, 0.3) is 0 Å². The van der Waals surface area contributed by atoms with Gasteiger partial charge in [0.2, 0.25) is 5.91 Å². The van der Waals surface area contributed by atoms with E-state index < -0.39 is 5.41 Å². The Kier molecular flexibility index (Phi) is 2.95. The van der Waals surface area contributed by atoms with E-state index >= 15 is 0 Å². The number of aromatic nitrogens is 2. The first-order valence-electron chi connectivity index (χ1n) is 6.07. The van der Waals surface area contributed by atoms with Crippen molar-refractivity contribution >= 4 is 23.3 Å². The molecule has 2 aromatic rings. The molecule has 1 N–H and O–H groups in total.